The number of nitrogens with zero attached hydrogens (tertiary/aromatic N) is 2. The Kier molecular flexibility index (Phi) is 4.42. The quantitative estimate of drug-likeness (QED) is 0.646. The van der Waals surface area contributed by atoms with Crippen LogP contribution in [0, 0.1) is 22.7 Å². The summed E-state index contributed by atoms with van der Waals surface area (Å²) in [5.41, 5.74) is 1.68. The second-order valence-electron chi connectivity index (χ2n) is 3.48. The van der Waals surface area contributed by atoms with Crippen LogP contribution in [0.25, 0.3) is 5.57 Å². The average molecular weight is 237 g/mol. The van der Waals surface area contributed by atoms with Gasteiger partial charge in [0.15, 0.2) is 0 Å². The van der Waals surface area contributed by atoms with E-state index >= 15 is 0 Å². The highest BCUT2D eigenvalue weighted by Gasteiger charge is 2.12. The van der Waals surface area contributed by atoms with Gasteiger partial charge in [0.2, 0.25) is 0 Å². The second kappa shape index (κ2) is 6.03. The van der Waals surface area contributed by atoms with Crippen LogP contribution < -0.4 is 5.32 Å². The van der Waals surface area contributed by atoms with Gasteiger partial charge in [-0.1, -0.05) is 18.7 Å². The smallest absolute Gasteiger partial charge is 0.266 e. The van der Waals surface area contributed by atoms with E-state index in [2.05, 4.69) is 11.9 Å². The molecule has 0 saturated heterocycles. The predicted octanol–water partition coefficient (Wildman–Crippen LogP) is 2.12. The van der Waals surface area contributed by atoms with E-state index in [0.29, 0.717) is 16.7 Å². The lowest BCUT2D eigenvalue weighted by atomic mass is 10.00. The van der Waals surface area contributed by atoms with E-state index in [1.54, 1.807) is 31.2 Å². The van der Waals surface area contributed by atoms with E-state index in [1.807, 2.05) is 12.1 Å². The molecule has 1 aromatic carbocycles. The van der Waals surface area contributed by atoms with Crippen LogP contribution >= 0.6 is 0 Å². The molecule has 4 nitrogen and oxygen atoms in total. The molecule has 1 aromatic rings. The third-order valence-corrected chi connectivity index (χ3v) is 2.37. The van der Waals surface area contributed by atoms with E-state index in [4.69, 9.17) is 10.5 Å². The third-order valence-electron chi connectivity index (χ3n) is 2.37. The molecule has 0 aliphatic rings. The van der Waals surface area contributed by atoms with Crippen molar-refractivity contribution in [3.8, 4) is 12.1 Å². The van der Waals surface area contributed by atoms with E-state index < -0.39 is 5.91 Å². The van der Waals surface area contributed by atoms with Gasteiger partial charge in [-0.05, 0) is 36.4 Å². The van der Waals surface area contributed by atoms with Crippen LogP contribution in [0.3, 0.4) is 0 Å². The lowest BCUT2D eigenvalue weighted by Crippen LogP contribution is -2.19. The Morgan fingerprint density at radius 1 is 1.44 bits per heavy atom. The van der Waals surface area contributed by atoms with Crippen LogP contribution in [-0.2, 0) is 4.79 Å². The number of nitriles is 2. The zero-order valence-corrected chi connectivity index (χ0v) is 9.90. The van der Waals surface area contributed by atoms with Gasteiger partial charge in [-0.2, -0.15) is 10.5 Å². The Balaban J connectivity index is 3.28. The Hall–Kier alpha value is -2.85. The lowest BCUT2D eigenvalue weighted by Gasteiger charge is -2.05. The highest BCUT2D eigenvalue weighted by Crippen LogP contribution is 2.19. The van der Waals surface area contributed by atoms with E-state index in [-0.39, 0.29) is 5.57 Å². The van der Waals surface area contributed by atoms with Crippen LogP contribution in [0.1, 0.15) is 18.1 Å². The van der Waals surface area contributed by atoms with E-state index in [0.717, 1.165) is 0 Å². The molecule has 88 valence electrons. The van der Waals surface area contributed by atoms with Crippen LogP contribution in [0.4, 0.5) is 0 Å². The summed E-state index contributed by atoms with van der Waals surface area (Å²) in [6.45, 7) is 5.03. The zero-order valence-electron chi connectivity index (χ0n) is 9.90. The second-order valence-corrected chi connectivity index (χ2v) is 3.48. The molecule has 0 saturated carbocycles. The van der Waals surface area contributed by atoms with Gasteiger partial charge >= 0.3 is 0 Å². The summed E-state index contributed by atoms with van der Waals surface area (Å²) in [6.07, 6.45) is 1.22. The Morgan fingerprint density at radius 3 is 2.72 bits per heavy atom. The summed E-state index contributed by atoms with van der Waals surface area (Å²) >= 11 is 0. The number of benzene rings is 1. The summed E-state index contributed by atoms with van der Waals surface area (Å²) in [4.78, 5) is 11.6. The van der Waals surface area contributed by atoms with Gasteiger partial charge in [0.05, 0.1) is 11.6 Å². The van der Waals surface area contributed by atoms with Gasteiger partial charge in [-0.25, -0.2) is 0 Å². The molecule has 1 rings (SSSR count). The summed E-state index contributed by atoms with van der Waals surface area (Å²) in [5.74, 6) is -0.507. The minimum absolute atomic E-state index is 0.00462. The molecule has 1 N–H and O–H groups in total. The molecule has 1 amide bonds. The minimum atomic E-state index is -0.507. The van der Waals surface area contributed by atoms with E-state index in [9.17, 15) is 4.79 Å². The number of hydrogen-bond donors (Lipinski definition) is 1. The molecule has 0 atom stereocenters. The minimum Gasteiger partial charge on any atom is -0.329 e. The Morgan fingerprint density at radius 2 is 2.17 bits per heavy atom. The number of rotatable bonds is 3. The molecule has 0 heterocycles. The first-order valence-corrected chi connectivity index (χ1v) is 5.17. The first kappa shape index (κ1) is 13.2. The lowest BCUT2D eigenvalue weighted by molar-refractivity contribution is -0.116. The van der Waals surface area contributed by atoms with Crippen molar-refractivity contribution in [1.82, 2.24) is 5.32 Å². The Bertz CT molecular complexity index is 600. The number of carbonyl (C=O) groups is 1. The average Bonchev–Trinajstić information content (AvgIpc) is 2.40. The van der Waals surface area contributed by atoms with Crippen molar-refractivity contribution in [3.63, 3.8) is 0 Å². The maximum Gasteiger partial charge on any atom is 0.266 e. The normalized spacial score (nSPS) is 10.6. The highest BCUT2D eigenvalue weighted by atomic mass is 16.1. The first-order valence-electron chi connectivity index (χ1n) is 5.17. The van der Waals surface area contributed by atoms with Gasteiger partial charge in [0, 0.05) is 0 Å². The maximum atomic E-state index is 11.6. The number of hydrogen-bond acceptors (Lipinski definition) is 3. The van der Waals surface area contributed by atoms with Gasteiger partial charge in [0.25, 0.3) is 5.91 Å². The fraction of sp³-hybridized carbons (Fsp3) is 0.0714. The van der Waals surface area contributed by atoms with Gasteiger partial charge in [-0.3, -0.25) is 4.79 Å². The number of carbonyl (C=O) groups excluding carboxylic acids is 1. The van der Waals surface area contributed by atoms with Crippen molar-refractivity contribution in [2.24, 2.45) is 0 Å². The molecule has 0 aliphatic carbocycles. The summed E-state index contributed by atoms with van der Waals surface area (Å²) in [6, 6.07) is 10.6. The van der Waals surface area contributed by atoms with Crippen LogP contribution in [0.15, 0.2) is 42.6 Å². The maximum absolute atomic E-state index is 11.6. The predicted molar refractivity (Wildman–Crippen MR) is 67.7 cm³/mol. The van der Waals surface area contributed by atoms with Crippen molar-refractivity contribution in [2.75, 3.05) is 0 Å². The van der Waals surface area contributed by atoms with Gasteiger partial charge in [0.1, 0.15) is 11.6 Å². The van der Waals surface area contributed by atoms with Gasteiger partial charge in [-0.15, -0.1) is 0 Å². The van der Waals surface area contributed by atoms with E-state index in [1.165, 1.54) is 6.20 Å². The SMILES string of the molecule is C=CNC(=O)/C(C#N)=C(\C)c1cccc(C#N)c1. The molecule has 0 aliphatic heterocycles. The zero-order chi connectivity index (χ0) is 13.5. The molecule has 0 aromatic heterocycles. The third kappa shape index (κ3) is 2.84. The van der Waals surface area contributed by atoms with Crippen molar-refractivity contribution in [2.45, 2.75) is 6.92 Å². The highest BCUT2D eigenvalue weighted by molar-refractivity contribution is 6.04. The number of nitrogens with one attached hydrogen (secondary N) is 1. The summed E-state index contributed by atoms with van der Waals surface area (Å²) < 4.78 is 0. The molecule has 0 fully saturated rings. The molecule has 0 unspecified atom stereocenters. The first-order chi connectivity index (χ1) is 8.63. The van der Waals surface area contributed by atoms with Crippen LogP contribution in [0.5, 0.6) is 0 Å². The molecular formula is C14H11N3O. The van der Waals surface area contributed by atoms with Crippen LogP contribution in [0.2, 0.25) is 0 Å². The summed E-state index contributed by atoms with van der Waals surface area (Å²) in [7, 11) is 0. The molecular weight excluding hydrogens is 226 g/mol. The molecule has 18 heavy (non-hydrogen) atoms. The standard InChI is InChI=1S/C14H11N3O/c1-3-17-14(18)13(9-16)10(2)12-6-4-5-11(7-12)8-15/h3-7H,1H2,2H3,(H,17,18)/b13-10+. The Labute approximate surface area is 105 Å². The molecule has 0 bridgehead atoms. The molecule has 0 radical (unpaired) electrons. The largest absolute Gasteiger partial charge is 0.329 e. The number of amides is 1. The molecule has 4 heteroatoms. The van der Waals surface area contributed by atoms with Gasteiger partial charge < -0.3 is 5.32 Å². The van der Waals surface area contributed by atoms with Crippen LogP contribution in [-0.4, -0.2) is 5.91 Å². The number of allylic oxidation sites excluding steroid dienone is 1. The topological polar surface area (TPSA) is 76.7 Å². The van der Waals surface area contributed by atoms with Crippen molar-refractivity contribution < 1.29 is 4.79 Å². The van der Waals surface area contributed by atoms with Crippen molar-refractivity contribution >= 4 is 11.5 Å². The van der Waals surface area contributed by atoms with Crippen molar-refractivity contribution in [1.29, 1.82) is 10.5 Å². The fourth-order valence-electron chi connectivity index (χ4n) is 1.44. The van der Waals surface area contributed by atoms with Crippen molar-refractivity contribution in [3.05, 3.63) is 53.7 Å². The molecule has 0 spiro atoms. The fourth-order valence-corrected chi connectivity index (χ4v) is 1.44. The summed E-state index contributed by atoms with van der Waals surface area (Å²) in [5, 5.41) is 20.2. The monoisotopic (exact) mass is 237 g/mol.